The number of hydrogen-bond acceptors (Lipinski definition) is 4. The van der Waals surface area contributed by atoms with E-state index in [0.717, 1.165) is 4.57 Å². The highest BCUT2D eigenvalue weighted by Gasteiger charge is 2.37. The van der Waals surface area contributed by atoms with Crippen molar-refractivity contribution in [1.29, 1.82) is 0 Å². The zero-order valence-electron chi connectivity index (χ0n) is 13.6. The molecule has 0 aliphatic carbocycles. The van der Waals surface area contributed by atoms with Crippen LogP contribution in [0.3, 0.4) is 0 Å². The van der Waals surface area contributed by atoms with E-state index in [-0.39, 0.29) is 30.8 Å². The fraction of sp³-hybridized carbons (Fsp3) is 0.312. The second kappa shape index (κ2) is 7.46. The topological polar surface area (TPSA) is 85.0 Å². The highest BCUT2D eigenvalue weighted by atomic mass is 19.4. The number of imidazole rings is 1. The number of carbonyl (C=O) groups excluding carboxylic acids is 1. The van der Waals surface area contributed by atoms with Crippen LogP contribution in [-0.2, 0) is 19.3 Å². The van der Waals surface area contributed by atoms with Gasteiger partial charge in [0.25, 0.3) is 0 Å². The van der Waals surface area contributed by atoms with Crippen LogP contribution in [0, 0.1) is 0 Å². The molecule has 3 rings (SSSR count). The average molecular weight is 367 g/mol. The number of nitrogens with zero attached hydrogens (tertiary/aromatic N) is 3. The number of amides is 2. The molecule has 2 N–H and O–H groups in total. The molecule has 0 radical (unpaired) electrons. The minimum atomic E-state index is -4.57. The van der Waals surface area contributed by atoms with Gasteiger partial charge in [-0.1, -0.05) is 0 Å². The number of carbonyl (C=O) groups is 1. The van der Waals surface area contributed by atoms with Crippen molar-refractivity contribution in [2.45, 2.75) is 25.7 Å². The van der Waals surface area contributed by atoms with Crippen molar-refractivity contribution in [2.75, 3.05) is 6.54 Å². The highest BCUT2D eigenvalue weighted by molar-refractivity contribution is 5.73. The van der Waals surface area contributed by atoms with E-state index in [2.05, 4.69) is 20.6 Å². The third kappa shape index (κ3) is 4.13. The Kier molecular flexibility index (Phi) is 5.10. The Bertz CT molecular complexity index is 874. The van der Waals surface area contributed by atoms with Gasteiger partial charge in [-0.25, -0.2) is 14.8 Å². The van der Waals surface area contributed by atoms with Crippen LogP contribution in [0.25, 0.3) is 11.2 Å². The lowest BCUT2D eigenvalue weighted by Gasteiger charge is -2.11. The summed E-state index contributed by atoms with van der Waals surface area (Å²) in [4.78, 5) is 19.3. The van der Waals surface area contributed by atoms with Crippen LogP contribution in [0.1, 0.15) is 18.0 Å². The Morgan fingerprint density at radius 1 is 1.23 bits per heavy atom. The van der Waals surface area contributed by atoms with Gasteiger partial charge in [-0.2, -0.15) is 13.2 Å². The molecule has 2 amide bonds. The number of furan rings is 1. The molecule has 138 valence electrons. The Balaban J connectivity index is 1.55. The van der Waals surface area contributed by atoms with Gasteiger partial charge in [-0.05, 0) is 30.7 Å². The van der Waals surface area contributed by atoms with Crippen LogP contribution in [0.2, 0.25) is 0 Å². The molecule has 26 heavy (non-hydrogen) atoms. The third-order valence-electron chi connectivity index (χ3n) is 3.60. The summed E-state index contributed by atoms with van der Waals surface area (Å²) < 4.78 is 45.6. The van der Waals surface area contributed by atoms with Crippen molar-refractivity contribution < 1.29 is 22.4 Å². The summed E-state index contributed by atoms with van der Waals surface area (Å²) in [7, 11) is 0. The molecule has 0 bridgehead atoms. The number of alkyl halides is 3. The summed E-state index contributed by atoms with van der Waals surface area (Å²) in [5.41, 5.74) is 0.353. The lowest BCUT2D eigenvalue weighted by molar-refractivity contribution is -0.147. The van der Waals surface area contributed by atoms with Gasteiger partial charge in [0.15, 0.2) is 5.65 Å². The van der Waals surface area contributed by atoms with E-state index in [1.165, 1.54) is 24.6 Å². The number of pyridine rings is 1. The van der Waals surface area contributed by atoms with Gasteiger partial charge in [-0.15, -0.1) is 0 Å². The maximum absolute atomic E-state index is 13.2. The predicted octanol–water partition coefficient (Wildman–Crippen LogP) is 2.93. The first kappa shape index (κ1) is 17.8. The van der Waals surface area contributed by atoms with Gasteiger partial charge >= 0.3 is 12.2 Å². The van der Waals surface area contributed by atoms with E-state index in [0.29, 0.717) is 12.2 Å². The summed E-state index contributed by atoms with van der Waals surface area (Å²) in [6.07, 6.45) is -1.37. The van der Waals surface area contributed by atoms with E-state index in [4.69, 9.17) is 4.42 Å². The van der Waals surface area contributed by atoms with Gasteiger partial charge in [-0.3, -0.25) is 0 Å². The van der Waals surface area contributed by atoms with Gasteiger partial charge in [0, 0.05) is 19.3 Å². The second-order valence-corrected chi connectivity index (χ2v) is 5.47. The van der Waals surface area contributed by atoms with E-state index >= 15 is 0 Å². The smallest absolute Gasteiger partial charge is 0.449 e. The fourth-order valence-electron chi connectivity index (χ4n) is 2.47. The summed E-state index contributed by atoms with van der Waals surface area (Å²) in [5.74, 6) is -0.389. The fourth-order valence-corrected chi connectivity index (χ4v) is 2.47. The largest absolute Gasteiger partial charge is 0.467 e. The first-order chi connectivity index (χ1) is 12.4. The molecule has 0 saturated heterocycles. The van der Waals surface area contributed by atoms with Gasteiger partial charge in [0.1, 0.15) is 11.3 Å². The predicted molar refractivity (Wildman–Crippen MR) is 86.1 cm³/mol. The van der Waals surface area contributed by atoms with E-state index in [9.17, 15) is 18.0 Å². The minimum Gasteiger partial charge on any atom is -0.467 e. The van der Waals surface area contributed by atoms with Crippen molar-refractivity contribution in [2.24, 2.45) is 0 Å². The Hall–Kier alpha value is -3.04. The number of nitrogens with one attached hydrogen (secondary N) is 2. The molecular formula is C16H16F3N5O2. The minimum absolute atomic E-state index is 0.0286. The monoisotopic (exact) mass is 367 g/mol. The number of hydrogen-bond donors (Lipinski definition) is 2. The van der Waals surface area contributed by atoms with Crippen LogP contribution >= 0.6 is 0 Å². The molecule has 0 spiro atoms. The molecule has 0 aliphatic rings. The molecular weight excluding hydrogens is 351 g/mol. The molecule has 0 fully saturated rings. The first-order valence-electron chi connectivity index (χ1n) is 7.87. The maximum atomic E-state index is 13.2. The van der Waals surface area contributed by atoms with Crippen molar-refractivity contribution in [3.05, 3.63) is 48.3 Å². The second-order valence-electron chi connectivity index (χ2n) is 5.47. The molecule has 3 aromatic rings. The quantitative estimate of drug-likeness (QED) is 0.656. The summed E-state index contributed by atoms with van der Waals surface area (Å²) in [6, 6.07) is 6.01. The molecule has 3 aromatic heterocycles. The van der Waals surface area contributed by atoms with Crippen LogP contribution in [0.15, 0.2) is 41.1 Å². The van der Waals surface area contributed by atoms with Crippen molar-refractivity contribution in [1.82, 2.24) is 25.2 Å². The average Bonchev–Trinajstić information content (AvgIpc) is 3.24. The summed E-state index contributed by atoms with van der Waals surface area (Å²) >= 11 is 0. The summed E-state index contributed by atoms with van der Waals surface area (Å²) in [5, 5.41) is 5.18. The molecule has 0 aliphatic heterocycles. The number of rotatable bonds is 6. The number of aryl methyl sites for hydroxylation is 1. The van der Waals surface area contributed by atoms with Crippen molar-refractivity contribution in [3.8, 4) is 0 Å². The molecule has 7 nitrogen and oxygen atoms in total. The third-order valence-corrected chi connectivity index (χ3v) is 3.60. The lowest BCUT2D eigenvalue weighted by Crippen LogP contribution is -2.35. The summed E-state index contributed by atoms with van der Waals surface area (Å²) in [6.45, 7) is 0.460. The Labute approximate surface area is 146 Å². The van der Waals surface area contributed by atoms with Crippen molar-refractivity contribution in [3.63, 3.8) is 0 Å². The highest BCUT2D eigenvalue weighted by Crippen LogP contribution is 2.30. The molecule has 0 saturated carbocycles. The van der Waals surface area contributed by atoms with Crippen molar-refractivity contribution >= 4 is 17.2 Å². The van der Waals surface area contributed by atoms with Gasteiger partial charge in [0.2, 0.25) is 5.82 Å². The maximum Gasteiger partial charge on any atom is 0.449 e. The molecule has 0 atom stereocenters. The van der Waals surface area contributed by atoms with Crippen LogP contribution in [0.5, 0.6) is 0 Å². The zero-order valence-corrected chi connectivity index (χ0v) is 13.6. The Morgan fingerprint density at radius 3 is 2.81 bits per heavy atom. The molecule has 3 heterocycles. The zero-order chi connectivity index (χ0) is 18.6. The van der Waals surface area contributed by atoms with Crippen LogP contribution in [-0.4, -0.2) is 27.1 Å². The molecule has 0 unspecified atom stereocenters. The lowest BCUT2D eigenvalue weighted by atomic mass is 10.4. The standard InChI is InChI=1S/C16H16F3N5O2/c17-16(18,19)14-23-12-5-1-6-20-13(12)24(14)8-3-7-21-15(25)22-10-11-4-2-9-26-11/h1-2,4-6,9H,3,7-8,10H2,(H2,21,22,25). The van der Waals surface area contributed by atoms with Gasteiger partial charge < -0.3 is 19.6 Å². The van der Waals surface area contributed by atoms with Crippen LogP contribution in [0.4, 0.5) is 18.0 Å². The molecule has 0 aromatic carbocycles. The van der Waals surface area contributed by atoms with E-state index < -0.39 is 18.0 Å². The van der Waals surface area contributed by atoms with E-state index in [1.54, 1.807) is 12.1 Å². The first-order valence-corrected chi connectivity index (χ1v) is 7.87. The number of halogens is 3. The number of aromatic nitrogens is 3. The molecule has 10 heteroatoms. The van der Waals surface area contributed by atoms with E-state index in [1.807, 2.05) is 0 Å². The normalized spacial score (nSPS) is 11.7. The SMILES string of the molecule is O=C(NCCCn1c(C(F)(F)F)nc2cccnc21)NCc1ccco1. The number of urea groups is 1. The van der Waals surface area contributed by atoms with Crippen LogP contribution < -0.4 is 10.6 Å². The Morgan fingerprint density at radius 2 is 2.08 bits per heavy atom. The number of fused-ring (bicyclic) bond motifs is 1. The van der Waals surface area contributed by atoms with Gasteiger partial charge in [0.05, 0.1) is 12.8 Å².